The first-order chi connectivity index (χ1) is 14.5. The van der Waals surface area contributed by atoms with Gasteiger partial charge >= 0.3 is 0 Å². The molecule has 30 heavy (non-hydrogen) atoms. The predicted molar refractivity (Wildman–Crippen MR) is 125 cm³/mol. The molecule has 4 nitrogen and oxygen atoms in total. The van der Waals surface area contributed by atoms with Crippen LogP contribution >= 0.6 is 45.9 Å². The second-order valence-corrected chi connectivity index (χ2v) is 9.57. The van der Waals surface area contributed by atoms with Crippen LogP contribution in [-0.2, 0) is 6.54 Å². The van der Waals surface area contributed by atoms with E-state index in [9.17, 15) is 4.79 Å². The SMILES string of the molecule is Cc1ccc(Cl)c2sc(N(Cc3ccco3)C(=O)c3sc4ccccc4c3Cl)nc12. The molecule has 0 radical (unpaired) electrons. The van der Waals surface area contributed by atoms with Gasteiger partial charge in [-0.05, 0) is 36.8 Å². The smallest absolute Gasteiger partial charge is 0.272 e. The third kappa shape index (κ3) is 3.30. The summed E-state index contributed by atoms with van der Waals surface area (Å²) in [7, 11) is 0. The van der Waals surface area contributed by atoms with Gasteiger partial charge in [0.25, 0.3) is 5.91 Å². The molecular formula is C22H14Cl2N2O2S2. The van der Waals surface area contributed by atoms with E-state index in [-0.39, 0.29) is 12.5 Å². The van der Waals surface area contributed by atoms with Crippen LogP contribution in [-0.4, -0.2) is 10.9 Å². The number of nitrogens with zero attached hydrogens (tertiary/aromatic N) is 2. The lowest BCUT2D eigenvalue weighted by Crippen LogP contribution is -2.29. The molecule has 0 saturated heterocycles. The molecule has 0 unspecified atom stereocenters. The summed E-state index contributed by atoms with van der Waals surface area (Å²) in [6, 6.07) is 15.1. The molecular weight excluding hydrogens is 459 g/mol. The van der Waals surface area contributed by atoms with Gasteiger partial charge in [0.2, 0.25) is 0 Å². The number of fused-ring (bicyclic) bond motifs is 2. The quantitative estimate of drug-likeness (QED) is 0.271. The minimum absolute atomic E-state index is 0.217. The molecule has 0 bridgehead atoms. The van der Waals surface area contributed by atoms with Crippen LogP contribution in [0.1, 0.15) is 21.0 Å². The topological polar surface area (TPSA) is 46.3 Å². The monoisotopic (exact) mass is 472 g/mol. The van der Waals surface area contributed by atoms with E-state index in [1.807, 2.05) is 49.4 Å². The maximum Gasteiger partial charge on any atom is 0.272 e. The van der Waals surface area contributed by atoms with Crippen molar-refractivity contribution >= 4 is 77.2 Å². The maximum absolute atomic E-state index is 13.7. The lowest BCUT2D eigenvalue weighted by molar-refractivity contribution is 0.0987. The van der Waals surface area contributed by atoms with E-state index < -0.39 is 0 Å². The molecule has 0 N–H and O–H groups in total. The largest absolute Gasteiger partial charge is 0.467 e. The second-order valence-electron chi connectivity index (χ2n) is 6.75. The van der Waals surface area contributed by atoms with Crippen LogP contribution in [0.25, 0.3) is 20.3 Å². The summed E-state index contributed by atoms with van der Waals surface area (Å²) in [4.78, 5) is 20.5. The molecule has 3 heterocycles. The van der Waals surface area contributed by atoms with Gasteiger partial charge in [-0.15, -0.1) is 11.3 Å². The number of halogens is 2. The van der Waals surface area contributed by atoms with Crippen LogP contribution in [0, 0.1) is 6.92 Å². The van der Waals surface area contributed by atoms with Gasteiger partial charge in [0.05, 0.1) is 33.1 Å². The van der Waals surface area contributed by atoms with Crippen molar-refractivity contribution in [2.24, 2.45) is 0 Å². The van der Waals surface area contributed by atoms with Crippen molar-refractivity contribution in [1.82, 2.24) is 4.98 Å². The fraction of sp³-hybridized carbons (Fsp3) is 0.0909. The van der Waals surface area contributed by atoms with Crippen molar-refractivity contribution in [1.29, 1.82) is 0 Å². The molecule has 0 aliphatic rings. The molecule has 0 spiro atoms. The normalized spacial score (nSPS) is 11.4. The molecule has 1 amide bonds. The average molecular weight is 473 g/mol. The van der Waals surface area contributed by atoms with Crippen LogP contribution in [0.4, 0.5) is 5.13 Å². The molecule has 0 aliphatic carbocycles. The number of benzene rings is 2. The number of anilines is 1. The summed E-state index contributed by atoms with van der Waals surface area (Å²) in [6.07, 6.45) is 1.59. The van der Waals surface area contributed by atoms with Crippen LogP contribution in [0.15, 0.2) is 59.2 Å². The molecule has 5 rings (SSSR count). The van der Waals surface area contributed by atoms with E-state index >= 15 is 0 Å². The number of hydrogen-bond acceptors (Lipinski definition) is 5. The van der Waals surface area contributed by atoms with Crippen LogP contribution in [0.3, 0.4) is 0 Å². The zero-order valence-corrected chi connectivity index (χ0v) is 18.8. The molecule has 0 fully saturated rings. The number of thiophene rings is 1. The Kier molecular flexibility index (Phi) is 5.03. The fourth-order valence-electron chi connectivity index (χ4n) is 3.27. The number of aryl methyl sites for hydroxylation is 1. The van der Waals surface area contributed by atoms with Gasteiger partial charge in [-0.1, -0.05) is 58.8 Å². The van der Waals surface area contributed by atoms with Gasteiger partial charge in [-0.25, -0.2) is 4.98 Å². The Balaban J connectivity index is 1.65. The van der Waals surface area contributed by atoms with Crippen molar-refractivity contribution in [3.05, 3.63) is 81.0 Å². The molecule has 2 aromatic carbocycles. The van der Waals surface area contributed by atoms with Crippen LogP contribution < -0.4 is 4.90 Å². The Morgan fingerprint density at radius 1 is 1.10 bits per heavy atom. The summed E-state index contributed by atoms with van der Waals surface area (Å²) in [5.74, 6) is 0.438. The first-order valence-corrected chi connectivity index (χ1v) is 11.5. The highest BCUT2D eigenvalue weighted by Gasteiger charge is 2.27. The van der Waals surface area contributed by atoms with Gasteiger partial charge in [-0.2, -0.15) is 0 Å². The zero-order valence-electron chi connectivity index (χ0n) is 15.7. The highest BCUT2D eigenvalue weighted by Crippen LogP contribution is 2.40. The number of amides is 1. The third-order valence-corrected chi connectivity index (χ3v) is 7.99. The Hall–Kier alpha value is -2.38. The highest BCUT2D eigenvalue weighted by molar-refractivity contribution is 7.23. The number of carbonyl (C=O) groups is 1. The van der Waals surface area contributed by atoms with E-state index in [4.69, 9.17) is 32.6 Å². The van der Waals surface area contributed by atoms with Crippen molar-refractivity contribution in [3.8, 4) is 0 Å². The number of aromatic nitrogens is 1. The van der Waals surface area contributed by atoms with E-state index in [1.165, 1.54) is 22.7 Å². The van der Waals surface area contributed by atoms with Crippen molar-refractivity contribution in [3.63, 3.8) is 0 Å². The van der Waals surface area contributed by atoms with Crippen molar-refractivity contribution in [2.45, 2.75) is 13.5 Å². The van der Waals surface area contributed by atoms with E-state index in [1.54, 1.807) is 17.2 Å². The molecule has 8 heteroatoms. The minimum Gasteiger partial charge on any atom is -0.467 e. The van der Waals surface area contributed by atoms with Gasteiger partial charge in [0.15, 0.2) is 5.13 Å². The maximum atomic E-state index is 13.7. The first kappa shape index (κ1) is 19.6. The number of carbonyl (C=O) groups excluding carboxylic acids is 1. The standard InChI is InChI=1S/C22H14Cl2N2O2S2/c1-12-8-9-15(23)19-18(12)25-22(30-19)26(11-13-5-4-10-28-13)21(27)20-17(24)14-6-2-3-7-16(14)29-20/h2-10H,11H2,1H3. The molecule has 0 aliphatic heterocycles. The second kappa shape index (κ2) is 7.71. The summed E-state index contributed by atoms with van der Waals surface area (Å²) in [6.45, 7) is 2.22. The van der Waals surface area contributed by atoms with E-state index in [2.05, 4.69) is 0 Å². The fourth-order valence-corrected chi connectivity index (χ4v) is 6.04. The van der Waals surface area contributed by atoms with E-state index in [0.717, 1.165) is 25.9 Å². The number of furan rings is 1. The Morgan fingerprint density at radius 2 is 1.93 bits per heavy atom. The molecule has 3 aromatic heterocycles. The van der Waals surface area contributed by atoms with Gasteiger partial charge in [-0.3, -0.25) is 9.69 Å². The Bertz CT molecular complexity index is 1350. The lowest BCUT2D eigenvalue weighted by Gasteiger charge is -2.18. The Labute approximate surface area is 190 Å². The van der Waals surface area contributed by atoms with Gasteiger partial charge in [0, 0.05) is 10.1 Å². The molecule has 150 valence electrons. The van der Waals surface area contributed by atoms with Gasteiger partial charge < -0.3 is 4.42 Å². The molecule has 0 saturated carbocycles. The van der Waals surface area contributed by atoms with Crippen molar-refractivity contribution in [2.75, 3.05) is 4.90 Å². The average Bonchev–Trinajstić information content (AvgIpc) is 3.48. The summed E-state index contributed by atoms with van der Waals surface area (Å²) in [5.41, 5.74) is 1.80. The highest BCUT2D eigenvalue weighted by atomic mass is 35.5. The number of thiazole rings is 1. The summed E-state index contributed by atoms with van der Waals surface area (Å²) < 4.78 is 7.33. The lowest BCUT2D eigenvalue weighted by atomic mass is 10.2. The van der Waals surface area contributed by atoms with E-state index in [0.29, 0.717) is 25.8 Å². The predicted octanol–water partition coefficient (Wildman–Crippen LogP) is 7.57. The first-order valence-electron chi connectivity index (χ1n) is 9.10. The Morgan fingerprint density at radius 3 is 2.67 bits per heavy atom. The zero-order chi connectivity index (χ0) is 20.8. The summed E-state index contributed by atoms with van der Waals surface area (Å²) in [5, 5.41) is 2.50. The minimum atomic E-state index is -0.217. The third-order valence-electron chi connectivity index (χ3n) is 4.79. The van der Waals surface area contributed by atoms with Crippen molar-refractivity contribution < 1.29 is 9.21 Å². The molecule has 5 aromatic rings. The molecule has 0 atom stereocenters. The van der Waals surface area contributed by atoms with Gasteiger partial charge in [0.1, 0.15) is 10.6 Å². The number of rotatable bonds is 4. The van der Waals surface area contributed by atoms with Crippen LogP contribution in [0.2, 0.25) is 10.0 Å². The number of hydrogen-bond donors (Lipinski definition) is 0. The van der Waals surface area contributed by atoms with Crippen LogP contribution in [0.5, 0.6) is 0 Å². The summed E-state index contributed by atoms with van der Waals surface area (Å²) >= 11 is 15.8.